The van der Waals surface area contributed by atoms with Gasteiger partial charge in [-0.25, -0.2) is 0 Å². The van der Waals surface area contributed by atoms with E-state index in [4.69, 9.17) is 9.52 Å². The van der Waals surface area contributed by atoms with Crippen molar-refractivity contribution in [2.24, 2.45) is 0 Å². The van der Waals surface area contributed by atoms with Crippen LogP contribution in [0.4, 0.5) is 0 Å². The first-order chi connectivity index (χ1) is 8.61. The monoisotopic (exact) mass is 247 g/mol. The highest BCUT2D eigenvalue weighted by molar-refractivity contribution is 5.87. The molecule has 0 fully saturated rings. The molecule has 0 saturated carbocycles. The molecule has 18 heavy (non-hydrogen) atoms. The van der Waals surface area contributed by atoms with Gasteiger partial charge in [-0.15, -0.1) is 0 Å². The Labute approximate surface area is 106 Å². The number of benzene rings is 1. The van der Waals surface area contributed by atoms with Crippen LogP contribution < -0.4 is 0 Å². The molecule has 0 spiro atoms. The number of aryl methyl sites for hydroxylation is 1. The van der Waals surface area contributed by atoms with Crippen molar-refractivity contribution in [2.75, 3.05) is 20.2 Å². The maximum absolute atomic E-state index is 11.9. The van der Waals surface area contributed by atoms with Gasteiger partial charge in [-0.2, -0.15) is 0 Å². The van der Waals surface area contributed by atoms with Gasteiger partial charge in [0.25, 0.3) is 0 Å². The lowest BCUT2D eigenvalue weighted by atomic mass is 10.1. The summed E-state index contributed by atoms with van der Waals surface area (Å²) in [7, 11) is 1.69. The minimum absolute atomic E-state index is 0.0201. The molecule has 1 aromatic heterocycles. The molecule has 0 bridgehead atoms. The lowest BCUT2D eigenvalue weighted by Gasteiger charge is -2.14. The number of fused-ring (bicyclic) bond motifs is 1. The van der Waals surface area contributed by atoms with Gasteiger partial charge in [0, 0.05) is 24.5 Å². The van der Waals surface area contributed by atoms with Crippen LogP contribution in [0.5, 0.6) is 0 Å². The third kappa shape index (κ3) is 2.54. The highest BCUT2D eigenvalue weighted by atomic mass is 16.3. The third-order valence-electron chi connectivity index (χ3n) is 3.01. The van der Waals surface area contributed by atoms with Crippen molar-refractivity contribution < 1.29 is 14.3 Å². The molecule has 0 aliphatic carbocycles. The predicted octanol–water partition coefficient (Wildman–Crippen LogP) is 1.73. The Morgan fingerprint density at radius 1 is 1.44 bits per heavy atom. The number of furan rings is 1. The Morgan fingerprint density at radius 3 is 2.94 bits per heavy atom. The number of carbonyl (C=O) groups excluding carboxylic acids is 1. The van der Waals surface area contributed by atoms with Crippen molar-refractivity contribution in [2.45, 2.75) is 13.3 Å². The molecule has 1 aromatic carbocycles. The van der Waals surface area contributed by atoms with E-state index in [9.17, 15) is 4.79 Å². The Hall–Kier alpha value is -1.81. The average Bonchev–Trinajstić information content (AvgIpc) is 2.72. The van der Waals surface area contributed by atoms with Crippen molar-refractivity contribution in [1.29, 1.82) is 0 Å². The summed E-state index contributed by atoms with van der Waals surface area (Å²) in [5.74, 6) is -0.0201. The lowest BCUT2D eigenvalue weighted by molar-refractivity contribution is -0.129. The number of rotatable bonds is 4. The zero-order valence-electron chi connectivity index (χ0n) is 10.6. The Bertz CT molecular complexity index is 559. The molecule has 1 amide bonds. The van der Waals surface area contributed by atoms with E-state index in [1.807, 2.05) is 25.1 Å². The summed E-state index contributed by atoms with van der Waals surface area (Å²) < 4.78 is 5.42. The number of aliphatic hydroxyl groups is 1. The molecule has 0 unspecified atom stereocenters. The van der Waals surface area contributed by atoms with Crippen LogP contribution in [0.1, 0.15) is 11.1 Å². The van der Waals surface area contributed by atoms with Crippen LogP contribution in [-0.4, -0.2) is 36.1 Å². The SMILES string of the molecule is Cc1ccc2occ(CC(=O)N(C)CCO)c2c1. The second kappa shape index (κ2) is 5.23. The fraction of sp³-hybridized carbons (Fsp3) is 0.357. The number of amides is 1. The van der Waals surface area contributed by atoms with E-state index >= 15 is 0 Å². The second-order valence-electron chi connectivity index (χ2n) is 4.48. The van der Waals surface area contributed by atoms with Crippen LogP contribution >= 0.6 is 0 Å². The van der Waals surface area contributed by atoms with Crippen LogP contribution in [0, 0.1) is 6.92 Å². The molecular weight excluding hydrogens is 230 g/mol. The second-order valence-corrected chi connectivity index (χ2v) is 4.48. The van der Waals surface area contributed by atoms with Crippen LogP contribution in [0.15, 0.2) is 28.9 Å². The fourth-order valence-corrected chi connectivity index (χ4v) is 1.91. The van der Waals surface area contributed by atoms with Gasteiger partial charge in [0.1, 0.15) is 5.58 Å². The van der Waals surface area contributed by atoms with Gasteiger partial charge >= 0.3 is 0 Å². The minimum Gasteiger partial charge on any atom is -0.464 e. The van der Waals surface area contributed by atoms with Gasteiger partial charge in [0.2, 0.25) is 5.91 Å². The maximum atomic E-state index is 11.9. The van der Waals surface area contributed by atoms with Crippen LogP contribution in [0.2, 0.25) is 0 Å². The van der Waals surface area contributed by atoms with E-state index in [2.05, 4.69) is 0 Å². The van der Waals surface area contributed by atoms with E-state index in [-0.39, 0.29) is 12.5 Å². The van der Waals surface area contributed by atoms with Crippen molar-refractivity contribution >= 4 is 16.9 Å². The number of aliphatic hydroxyl groups excluding tert-OH is 1. The van der Waals surface area contributed by atoms with E-state index in [1.54, 1.807) is 13.3 Å². The molecule has 0 radical (unpaired) electrons. The fourth-order valence-electron chi connectivity index (χ4n) is 1.91. The van der Waals surface area contributed by atoms with Gasteiger partial charge < -0.3 is 14.4 Å². The smallest absolute Gasteiger partial charge is 0.226 e. The van der Waals surface area contributed by atoms with Crippen LogP contribution in [0.25, 0.3) is 11.0 Å². The summed E-state index contributed by atoms with van der Waals surface area (Å²) in [6, 6.07) is 5.92. The van der Waals surface area contributed by atoms with E-state index in [0.29, 0.717) is 13.0 Å². The molecule has 0 aliphatic heterocycles. The Morgan fingerprint density at radius 2 is 2.22 bits per heavy atom. The summed E-state index contributed by atoms with van der Waals surface area (Å²) in [6.45, 7) is 2.34. The number of hydrogen-bond donors (Lipinski definition) is 1. The van der Waals surface area contributed by atoms with Crippen molar-refractivity contribution in [1.82, 2.24) is 4.90 Å². The van der Waals surface area contributed by atoms with Gasteiger partial charge in [0.05, 0.1) is 19.3 Å². The van der Waals surface area contributed by atoms with Crippen LogP contribution in [-0.2, 0) is 11.2 Å². The summed E-state index contributed by atoms with van der Waals surface area (Å²) in [5.41, 5.74) is 2.83. The zero-order chi connectivity index (χ0) is 13.1. The standard InChI is InChI=1S/C14H17NO3/c1-10-3-4-13-12(7-10)11(9-18-13)8-14(17)15(2)5-6-16/h3-4,7,9,16H,5-6,8H2,1-2H3. The summed E-state index contributed by atoms with van der Waals surface area (Å²) in [5, 5.41) is 9.79. The number of likely N-dealkylation sites (N-methyl/N-ethyl adjacent to an activating group) is 1. The van der Waals surface area contributed by atoms with E-state index in [1.165, 1.54) is 4.90 Å². The normalized spacial score (nSPS) is 10.8. The molecule has 4 heteroatoms. The number of nitrogens with zero attached hydrogens (tertiary/aromatic N) is 1. The molecule has 1 heterocycles. The number of hydrogen-bond acceptors (Lipinski definition) is 3. The molecule has 2 aromatic rings. The topological polar surface area (TPSA) is 53.7 Å². The van der Waals surface area contributed by atoms with E-state index < -0.39 is 0 Å². The largest absolute Gasteiger partial charge is 0.464 e. The molecule has 96 valence electrons. The molecular formula is C14H17NO3. The summed E-state index contributed by atoms with van der Waals surface area (Å²) in [4.78, 5) is 13.4. The Kier molecular flexibility index (Phi) is 3.67. The summed E-state index contributed by atoms with van der Waals surface area (Å²) in [6.07, 6.45) is 1.93. The van der Waals surface area contributed by atoms with Gasteiger partial charge in [-0.3, -0.25) is 4.79 Å². The van der Waals surface area contributed by atoms with E-state index in [0.717, 1.165) is 22.1 Å². The molecule has 4 nitrogen and oxygen atoms in total. The quantitative estimate of drug-likeness (QED) is 0.895. The third-order valence-corrected chi connectivity index (χ3v) is 3.01. The highest BCUT2D eigenvalue weighted by Crippen LogP contribution is 2.23. The minimum atomic E-state index is -0.0204. The molecule has 1 N–H and O–H groups in total. The zero-order valence-corrected chi connectivity index (χ0v) is 10.6. The van der Waals surface area contributed by atoms with Crippen molar-refractivity contribution in [3.05, 3.63) is 35.6 Å². The van der Waals surface area contributed by atoms with Gasteiger partial charge in [-0.05, 0) is 19.1 Å². The first-order valence-electron chi connectivity index (χ1n) is 5.93. The maximum Gasteiger partial charge on any atom is 0.226 e. The molecule has 0 atom stereocenters. The Balaban J connectivity index is 2.21. The predicted molar refractivity (Wildman–Crippen MR) is 69.4 cm³/mol. The van der Waals surface area contributed by atoms with Crippen molar-refractivity contribution in [3.63, 3.8) is 0 Å². The number of carbonyl (C=O) groups is 1. The molecule has 0 aliphatic rings. The first kappa shape index (κ1) is 12.6. The first-order valence-corrected chi connectivity index (χ1v) is 5.93. The van der Waals surface area contributed by atoms with Crippen LogP contribution in [0.3, 0.4) is 0 Å². The highest BCUT2D eigenvalue weighted by Gasteiger charge is 2.13. The van der Waals surface area contributed by atoms with Crippen molar-refractivity contribution in [3.8, 4) is 0 Å². The lowest BCUT2D eigenvalue weighted by Crippen LogP contribution is -2.30. The van der Waals surface area contributed by atoms with Gasteiger partial charge in [0.15, 0.2) is 0 Å². The molecule has 2 rings (SSSR count). The van der Waals surface area contributed by atoms with Gasteiger partial charge in [-0.1, -0.05) is 11.6 Å². The summed E-state index contributed by atoms with van der Waals surface area (Å²) >= 11 is 0. The molecule has 0 saturated heterocycles. The average molecular weight is 247 g/mol.